The van der Waals surface area contributed by atoms with Gasteiger partial charge >= 0.3 is 5.97 Å². The van der Waals surface area contributed by atoms with E-state index in [2.05, 4.69) is 19.2 Å². The molecule has 0 aromatic carbocycles. The molecular formula is C14H27NO3. The van der Waals surface area contributed by atoms with E-state index in [9.17, 15) is 9.59 Å². The maximum atomic E-state index is 11.7. The second-order valence-electron chi connectivity index (χ2n) is 4.50. The zero-order valence-electron chi connectivity index (χ0n) is 12.0. The molecule has 18 heavy (non-hydrogen) atoms. The van der Waals surface area contributed by atoms with Crippen LogP contribution in [0.25, 0.3) is 0 Å². The standard InChI is InChI=1S/C14H27NO3/c1-4-7-9-12(8-5-2)15-13(16)10-11-14(17)18-6-3/h12H,4-11H2,1-3H3,(H,15,16). The van der Waals surface area contributed by atoms with E-state index in [0.717, 1.165) is 32.1 Å². The molecule has 0 heterocycles. The monoisotopic (exact) mass is 257 g/mol. The van der Waals surface area contributed by atoms with Gasteiger partial charge in [-0.15, -0.1) is 0 Å². The Kier molecular flexibility index (Phi) is 10.4. The fourth-order valence-corrected chi connectivity index (χ4v) is 1.84. The number of rotatable bonds is 10. The maximum absolute atomic E-state index is 11.7. The van der Waals surface area contributed by atoms with Crippen LogP contribution in [0.3, 0.4) is 0 Å². The molecule has 1 N–H and O–H groups in total. The molecule has 1 atom stereocenters. The van der Waals surface area contributed by atoms with Crippen LogP contribution in [0.4, 0.5) is 0 Å². The van der Waals surface area contributed by atoms with E-state index in [0.29, 0.717) is 6.61 Å². The van der Waals surface area contributed by atoms with Crippen LogP contribution in [0.15, 0.2) is 0 Å². The van der Waals surface area contributed by atoms with Gasteiger partial charge in [0.2, 0.25) is 5.91 Å². The van der Waals surface area contributed by atoms with Gasteiger partial charge in [0.25, 0.3) is 0 Å². The lowest BCUT2D eigenvalue weighted by atomic mass is 10.0. The molecule has 0 rings (SSSR count). The normalized spacial score (nSPS) is 11.9. The molecule has 4 nitrogen and oxygen atoms in total. The highest BCUT2D eigenvalue weighted by Crippen LogP contribution is 2.07. The Morgan fingerprint density at radius 2 is 1.78 bits per heavy atom. The van der Waals surface area contributed by atoms with Crippen molar-refractivity contribution in [3.8, 4) is 0 Å². The molecule has 0 radical (unpaired) electrons. The summed E-state index contributed by atoms with van der Waals surface area (Å²) >= 11 is 0. The van der Waals surface area contributed by atoms with E-state index in [4.69, 9.17) is 4.74 Å². The van der Waals surface area contributed by atoms with Gasteiger partial charge in [-0.3, -0.25) is 9.59 Å². The summed E-state index contributed by atoms with van der Waals surface area (Å²) in [5.41, 5.74) is 0. The summed E-state index contributed by atoms with van der Waals surface area (Å²) in [7, 11) is 0. The quantitative estimate of drug-likeness (QED) is 0.612. The van der Waals surface area contributed by atoms with Gasteiger partial charge in [0.1, 0.15) is 0 Å². The fourth-order valence-electron chi connectivity index (χ4n) is 1.84. The first kappa shape index (κ1) is 16.9. The number of hydrogen-bond donors (Lipinski definition) is 1. The molecule has 0 bridgehead atoms. The van der Waals surface area contributed by atoms with Crippen molar-refractivity contribution in [3.05, 3.63) is 0 Å². The number of esters is 1. The number of nitrogens with one attached hydrogen (secondary N) is 1. The first-order chi connectivity index (χ1) is 8.63. The lowest BCUT2D eigenvalue weighted by Crippen LogP contribution is -2.35. The number of hydrogen-bond acceptors (Lipinski definition) is 3. The Labute approximate surface area is 110 Å². The van der Waals surface area contributed by atoms with Gasteiger partial charge in [-0.1, -0.05) is 33.1 Å². The highest BCUT2D eigenvalue weighted by Gasteiger charge is 2.12. The Morgan fingerprint density at radius 3 is 2.33 bits per heavy atom. The topological polar surface area (TPSA) is 55.4 Å². The van der Waals surface area contributed by atoms with E-state index in [1.807, 2.05) is 0 Å². The molecule has 0 aliphatic rings. The van der Waals surface area contributed by atoms with Gasteiger partial charge in [-0.05, 0) is 19.8 Å². The van der Waals surface area contributed by atoms with Crippen LogP contribution >= 0.6 is 0 Å². The van der Waals surface area contributed by atoms with Crippen molar-refractivity contribution in [1.82, 2.24) is 5.32 Å². The summed E-state index contributed by atoms with van der Waals surface area (Å²) in [5.74, 6) is -0.342. The minimum atomic E-state index is -0.298. The largest absolute Gasteiger partial charge is 0.466 e. The Morgan fingerprint density at radius 1 is 1.06 bits per heavy atom. The Hall–Kier alpha value is -1.06. The summed E-state index contributed by atoms with van der Waals surface area (Å²) in [6.45, 7) is 6.39. The molecule has 0 spiro atoms. The van der Waals surface area contributed by atoms with Crippen LogP contribution in [-0.2, 0) is 14.3 Å². The molecule has 4 heteroatoms. The van der Waals surface area contributed by atoms with Crippen molar-refractivity contribution in [2.45, 2.75) is 71.8 Å². The van der Waals surface area contributed by atoms with Crippen LogP contribution in [0.1, 0.15) is 65.7 Å². The first-order valence-electron chi connectivity index (χ1n) is 7.08. The molecule has 0 fully saturated rings. The average molecular weight is 257 g/mol. The van der Waals surface area contributed by atoms with Gasteiger partial charge in [0.15, 0.2) is 0 Å². The predicted octanol–water partition coefficient (Wildman–Crippen LogP) is 2.80. The van der Waals surface area contributed by atoms with E-state index < -0.39 is 0 Å². The van der Waals surface area contributed by atoms with Crippen LogP contribution in [0.5, 0.6) is 0 Å². The van der Waals surface area contributed by atoms with Crippen LogP contribution in [0, 0.1) is 0 Å². The molecule has 0 saturated carbocycles. The van der Waals surface area contributed by atoms with Crippen molar-refractivity contribution in [2.24, 2.45) is 0 Å². The first-order valence-corrected chi connectivity index (χ1v) is 7.08. The third-order valence-electron chi connectivity index (χ3n) is 2.77. The lowest BCUT2D eigenvalue weighted by Gasteiger charge is -2.17. The third kappa shape index (κ3) is 9.02. The van der Waals surface area contributed by atoms with Gasteiger partial charge in [-0.2, -0.15) is 0 Å². The van der Waals surface area contributed by atoms with Gasteiger partial charge in [-0.25, -0.2) is 0 Å². The molecule has 0 aliphatic carbocycles. The van der Waals surface area contributed by atoms with Gasteiger partial charge in [0.05, 0.1) is 13.0 Å². The van der Waals surface area contributed by atoms with Gasteiger partial charge in [0, 0.05) is 12.5 Å². The lowest BCUT2D eigenvalue weighted by molar-refractivity contribution is -0.144. The van der Waals surface area contributed by atoms with Crippen molar-refractivity contribution in [3.63, 3.8) is 0 Å². The van der Waals surface area contributed by atoms with Gasteiger partial charge < -0.3 is 10.1 Å². The number of ether oxygens (including phenoxy) is 1. The molecule has 1 amide bonds. The molecule has 0 aromatic heterocycles. The minimum absolute atomic E-state index is 0.0439. The van der Waals surface area contributed by atoms with Crippen molar-refractivity contribution in [1.29, 1.82) is 0 Å². The Bertz CT molecular complexity index is 241. The van der Waals surface area contributed by atoms with Crippen LogP contribution in [-0.4, -0.2) is 24.5 Å². The SMILES string of the molecule is CCCCC(CCC)NC(=O)CCC(=O)OCC. The molecule has 0 saturated heterocycles. The summed E-state index contributed by atoms with van der Waals surface area (Å²) in [6, 6.07) is 0.254. The van der Waals surface area contributed by atoms with E-state index >= 15 is 0 Å². The summed E-state index contributed by atoms with van der Waals surface area (Å²) in [5, 5.41) is 3.00. The minimum Gasteiger partial charge on any atom is -0.466 e. The van der Waals surface area contributed by atoms with E-state index in [1.54, 1.807) is 6.92 Å². The maximum Gasteiger partial charge on any atom is 0.306 e. The number of carbonyl (C=O) groups excluding carboxylic acids is 2. The second kappa shape index (κ2) is 11.1. The molecule has 106 valence electrons. The summed E-state index contributed by atoms with van der Waals surface area (Å²) in [4.78, 5) is 22.8. The molecular weight excluding hydrogens is 230 g/mol. The molecule has 0 aliphatic heterocycles. The van der Waals surface area contributed by atoms with Crippen LogP contribution < -0.4 is 5.32 Å². The smallest absolute Gasteiger partial charge is 0.306 e. The van der Waals surface area contributed by atoms with Crippen molar-refractivity contribution >= 4 is 11.9 Å². The number of amides is 1. The number of unbranched alkanes of at least 4 members (excludes halogenated alkanes) is 1. The highest BCUT2D eigenvalue weighted by molar-refractivity contribution is 5.81. The fraction of sp³-hybridized carbons (Fsp3) is 0.857. The summed E-state index contributed by atoms with van der Waals surface area (Å²) < 4.78 is 4.79. The molecule has 0 aromatic rings. The van der Waals surface area contributed by atoms with E-state index in [-0.39, 0.29) is 30.8 Å². The second-order valence-corrected chi connectivity index (χ2v) is 4.50. The highest BCUT2D eigenvalue weighted by atomic mass is 16.5. The predicted molar refractivity (Wildman–Crippen MR) is 72.2 cm³/mol. The molecule has 1 unspecified atom stereocenters. The number of carbonyl (C=O) groups is 2. The zero-order valence-corrected chi connectivity index (χ0v) is 12.0. The van der Waals surface area contributed by atoms with Crippen molar-refractivity contribution in [2.75, 3.05) is 6.61 Å². The van der Waals surface area contributed by atoms with Crippen molar-refractivity contribution < 1.29 is 14.3 Å². The Balaban J connectivity index is 3.89. The van der Waals surface area contributed by atoms with Crippen LogP contribution in [0.2, 0.25) is 0 Å². The third-order valence-corrected chi connectivity index (χ3v) is 2.77. The average Bonchev–Trinajstić information content (AvgIpc) is 2.34. The zero-order chi connectivity index (χ0) is 13.8. The van der Waals surface area contributed by atoms with E-state index in [1.165, 1.54) is 0 Å². The summed E-state index contributed by atoms with van der Waals surface area (Å²) in [6.07, 6.45) is 5.76.